The molecular formula is C30H43ClN6O8. The highest BCUT2D eigenvalue weighted by Gasteiger charge is 2.26. The van der Waals surface area contributed by atoms with Crippen molar-refractivity contribution in [1.82, 2.24) is 25.1 Å². The van der Waals surface area contributed by atoms with Gasteiger partial charge in [0.05, 0.1) is 11.1 Å². The van der Waals surface area contributed by atoms with E-state index in [0.29, 0.717) is 37.1 Å². The quantitative estimate of drug-likeness (QED) is 0.406. The van der Waals surface area contributed by atoms with Gasteiger partial charge in [-0.15, -0.1) is 0 Å². The van der Waals surface area contributed by atoms with Crippen molar-refractivity contribution in [2.24, 2.45) is 0 Å². The second kappa shape index (κ2) is 16.8. The van der Waals surface area contributed by atoms with Gasteiger partial charge in [-0.3, -0.25) is 0 Å². The van der Waals surface area contributed by atoms with Crippen LogP contribution in [0.2, 0.25) is 5.15 Å². The van der Waals surface area contributed by atoms with E-state index in [1.165, 1.54) is 30.6 Å². The topological polar surface area (TPSA) is 175 Å². The van der Waals surface area contributed by atoms with Gasteiger partial charge in [-0.2, -0.15) is 0 Å². The van der Waals surface area contributed by atoms with Crippen molar-refractivity contribution >= 4 is 41.5 Å². The Morgan fingerprint density at radius 3 is 1.53 bits per heavy atom. The molecule has 0 unspecified atom stereocenters. The molecule has 4 heterocycles. The second-order valence-corrected chi connectivity index (χ2v) is 12.4. The molecule has 0 aromatic carbocycles. The van der Waals surface area contributed by atoms with Crippen molar-refractivity contribution in [3.8, 4) is 0 Å². The SMILES string of the molecule is CC(C)(C)OC(=O)N1CCN(c2ccc(C(=O)O)cn2)CC1.CC(C)(C)OC(=O)N1CCNCC1.O=C(O)c1ccc(Cl)nc1. The molecule has 248 valence electrons. The predicted octanol–water partition coefficient (Wildman–Crippen LogP) is 4.10. The fraction of sp³-hybridized carbons (Fsp3) is 0.533. The molecule has 0 atom stereocenters. The van der Waals surface area contributed by atoms with Gasteiger partial charge in [0.25, 0.3) is 0 Å². The van der Waals surface area contributed by atoms with E-state index in [4.69, 9.17) is 31.3 Å². The van der Waals surface area contributed by atoms with Crippen LogP contribution in [0.15, 0.2) is 36.7 Å². The number of piperazine rings is 2. The Labute approximate surface area is 268 Å². The van der Waals surface area contributed by atoms with E-state index < -0.39 is 17.5 Å². The Morgan fingerprint density at radius 1 is 0.711 bits per heavy atom. The van der Waals surface area contributed by atoms with Crippen LogP contribution in [0.4, 0.5) is 15.4 Å². The van der Waals surface area contributed by atoms with E-state index in [0.717, 1.165) is 26.2 Å². The van der Waals surface area contributed by atoms with E-state index in [1.54, 1.807) is 15.9 Å². The third-order valence-electron chi connectivity index (χ3n) is 5.99. The second-order valence-electron chi connectivity index (χ2n) is 12.1. The number of carboxylic acid groups (broad SMARTS) is 2. The molecule has 2 aromatic rings. The van der Waals surface area contributed by atoms with Crippen LogP contribution < -0.4 is 10.2 Å². The van der Waals surface area contributed by atoms with Gasteiger partial charge in [0.2, 0.25) is 0 Å². The lowest BCUT2D eigenvalue weighted by atomic mass is 10.2. The van der Waals surface area contributed by atoms with Crippen molar-refractivity contribution in [1.29, 1.82) is 0 Å². The van der Waals surface area contributed by atoms with Gasteiger partial charge in [0.1, 0.15) is 22.2 Å². The highest BCUT2D eigenvalue weighted by Crippen LogP contribution is 2.16. The van der Waals surface area contributed by atoms with E-state index in [9.17, 15) is 19.2 Å². The number of aromatic nitrogens is 2. The minimum atomic E-state index is -0.996. The first-order valence-electron chi connectivity index (χ1n) is 14.4. The molecule has 2 aliphatic rings. The number of carbonyl (C=O) groups is 4. The van der Waals surface area contributed by atoms with Crippen LogP contribution in [0, 0.1) is 0 Å². The number of aromatic carboxylic acids is 2. The Kier molecular flexibility index (Phi) is 13.8. The summed E-state index contributed by atoms with van der Waals surface area (Å²) in [6, 6.07) is 6.06. The average molecular weight is 651 g/mol. The molecule has 14 nitrogen and oxygen atoms in total. The number of anilines is 1. The fourth-order valence-corrected chi connectivity index (χ4v) is 3.93. The molecule has 0 radical (unpaired) electrons. The average Bonchev–Trinajstić information content (AvgIpc) is 2.97. The summed E-state index contributed by atoms with van der Waals surface area (Å²) in [4.78, 5) is 57.7. The molecule has 2 amide bonds. The fourth-order valence-electron chi connectivity index (χ4n) is 3.82. The number of amides is 2. The van der Waals surface area contributed by atoms with Gasteiger partial charge in [0, 0.05) is 64.8 Å². The van der Waals surface area contributed by atoms with Crippen molar-refractivity contribution < 1.29 is 38.9 Å². The van der Waals surface area contributed by atoms with Crippen molar-refractivity contribution in [2.45, 2.75) is 52.7 Å². The van der Waals surface area contributed by atoms with Crippen LogP contribution in [-0.4, -0.2) is 118 Å². The lowest BCUT2D eigenvalue weighted by Crippen LogP contribution is -2.50. The van der Waals surface area contributed by atoms with Crippen molar-refractivity contribution in [3.05, 3.63) is 52.9 Å². The highest BCUT2D eigenvalue weighted by molar-refractivity contribution is 6.29. The first-order valence-corrected chi connectivity index (χ1v) is 14.8. The molecule has 2 aliphatic heterocycles. The largest absolute Gasteiger partial charge is 0.478 e. The molecule has 2 aromatic heterocycles. The van der Waals surface area contributed by atoms with E-state index in [1.807, 2.05) is 46.4 Å². The molecule has 2 saturated heterocycles. The van der Waals surface area contributed by atoms with E-state index >= 15 is 0 Å². The Balaban J connectivity index is 0.000000259. The Hall–Kier alpha value is -4.17. The normalized spacial score (nSPS) is 15.0. The van der Waals surface area contributed by atoms with Gasteiger partial charge >= 0.3 is 24.1 Å². The molecular weight excluding hydrogens is 608 g/mol. The predicted molar refractivity (Wildman–Crippen MR) is 168 cm³/mol. The number of nitrogens with zero attached hydrogens (tertiary/aromatic N) is 5. The smallest absolute Gasteiger partial charge is 0.410 e. The summed E-state index contributed by atoms with van der Waals surface area (Å²) >= 11 is 5.41. The number of hydrogen-bond acceptors (Lipinski definition) is 10. The minimum Gasteiger partial charge on any atom is -0.478 e. The molecule has 15 heteroatoms. The van der Waals surface area contributed by atoms with Gasteiger partial charge in [-0.25, -0.2) is 29.1 Å². The summed E-state index contributed by atoms with van der Waals surface area (Å²) in [5.74, 6) is -1.27. The highest BCUT2D eigenvalue weighted by atomic mass is 35.5. The van der Waals surface area contributed by atoms with Gasteiger partial charge in [-0.05, 0) is 65.8 Å². The lowest BCUT2D eigenvalue weighted by Gasteiger charge is -2.36. The van der Waals surface area contributed by atoms with Gasteiger partial charge < -0.3 is 39.7 Å². The Bertz CT molecular complexity index is 1270. The number of ether oxygens (including phenoxy) is 2. The summed E-state index contributed by atoms with van der Waals surface area (Å²) in [6.07, 6.45) is 2.05. The van der Waals surface area contributed by atoms with Crippen LogP contribution in [0.25, 0.3) is 0 Å². The number of nitrogens with one attached hydrogen (secondary N) is 1. The summed E-state index contributed by atoms with van der Waals surface area (Å²) in [5.41, 5.74) is -0.578. The lowest BCUT2D eigenvalue weighted by molar-refractivity contribution is 0.0223. The maximum atomic E-state index is 12.0. The summed E-state index contributed by atoms with van der Waals surface area (Å²) in [6.45, 7) is 16.8. The Morgan fingerprint density at radius 2 is 1.16 bits per heavy atom. The maximum absolute atomic E-state index is 12.0. The zero-order valence-electron chi connectivity index (χ0n) is 26.6. The minimum absolute atomic E-state index is 0.143. The maximum Gasteiger partial charge on any atom is 0.410 e. The van der Waals surface area contributed by atoms with Gasteiger partial charge in [0.15, 0.2) is 0 Å². The molecule has 0 aliphatic carbocycles. The van der Waals surface area contributed by atoms with Crippen LogP contribution in [0.5, 0.6) is 0 Å². The number of carboxylic acids is 2. The van der Waals surface area contributed by atoms with Gasteiger partial charge in [-0.1, -0.05) is 11.6 Å². The zero-order valence-corrected chi connectivity index (χ0v) is 27.3. The van der Waals surface area contributed by atoms with Crippen LogP contribution in [-0.2, 0) is 9.47 Å². The molecule has 2 fully saturated rings. The molecule has 0 bridgehead atoms. The summed E-state index contributed by atoms with van der Waals surface area (Å²) in [5, 5.41) is 20.7. The molecule has 3 N–H and O–H groups in total. The molecule has 4 rings (SSSR count). The number of hydrogen-bond donors (Lipinski definition) is 3. The molecule has 45 heavy (non-hydrogen) atoms. The number of carbonyl (C=O) groups excluding carboxylic acids is 2. The zero-order chi connectivity index (χ0) is 33.8. The number of pyridine rings is 2. The third-order valence-corrected chi connectivity index (χ3v) is 6.22. The van der Waals surface area contributed by atoms with E-state index in [-0.39, 0.29) is 28.9 Å². The van der Waals surface area contributed by atoms with Crippen molar-refractivity contribution in [3.63, 3.8) is 0 Å². The first kappa shape index (κ1) is 37.0. The van der Waals surface area contributed by atoms with Crippen LogP contribution in [0.3, 0.4) is 0 Å². The standard InChI is InChI=1S/C15H21N3O4.C9H18N2O2.C6H4ClNO2/c1-15(2,3)22-14(21)18-8-6-17(7-9-18)12-5-4-11(10-16-12)13(19)20;1-9(2,3)13-8(12)11-6-4-10-5-7-11;7-5-2-1-4(3-8-5)6(9)10/h4-5,10H,6-9H2,1-3H3,(H,19,20);10H,4-7H2,1-3H3;1-3H,(H,9,10). The monoisotopic (exact) mass is 650 g/mol. The van der Waals surface area contributed by atoms with Crippen LogP contribution >= 0.6 is 11.6 Å². The van der Waals surface area contributed by atoms with Crippen molar-refractivity contribution in [2.75, 3.05) is 57.3 Å². The van der Waals surface area contributed by atoms with Crippen LogP contribution in [0.1, 0.15) is 62.3 Å². The molecule has 0 saturated carbocycles. The summed E-state index contributed by atoms with van der Waals surface area (Å²) < 4.78 is 10.6. The first-order chi connectivity index (χ1) is 20.9. The third kappa shape index (κ3) is 14.0. The number of halogens is 1. The summed E-state index contributed by atoms with van der Waals surface area (Å²) in [7, 11) is 0. The van der Waals surface area contributed by atoms with E-state index in [2.05, 4.69) is 15.3 Å². The molecule has 0 spiro atoms. The number of rotatable bonds is 3.